The molecule has 2 nitrogen and oxygen atoms in total. The third kappa shape index (κ3) is 3.16. The molecular formula is C17H32N2. The molecule has 3 rings (SSSR count). The van der Waals surface area contributed by atoms with Gasteiger partial charge in [-0.25, -0.2) is 0 Å². The zero-order chi connectivity index (χ0) is 13.4. The smallest absolute Gasteiger partial charge is 0.0198 e. The molecule has 5 atom stereocenters. The third-order valence-electron chi connectivity index (χ3n) is 5.89. The molecule has 2 heteroatoms. The summed E-state index contributed by atoms with van der Waals surface area (Å²) in [4.78, 5) is 2.80. The lowest BCUT2D eigenvalue weighted by molar-refractivity contribution is 0.0977. The van der Waals surface area contributed by atoms with Crippen LogP contribution in [0.2, 0.25) is 0 Å². The molecule has 3 aliphatic rings. The van der Waals surface area contributed by atoms with Crippen molar-refractivity contribution < 1.29 is 0 Å². The Bertz CT molecular complexity index is 302. The van der Waals surface area contributed by atoms with Crippen LogP contribution in [-0.2, 0) is 0 Å². The molecule has 3 fully saturated rings. The molecule has 1 aliphatic heterocycles. The first-order chi connectivity index (χ1) is 9.11. The second-order valence-electron chi connectivity index (χ2n) is 7.97. The second-order valence-corrected chi connectivity index (χ2v) is 7.97. The molecule has 1 N–H and O–H groups in total. The van der Waals surface area contributed by atoms with Crippen LogP contribution < -0.4 is 5.32 Å². The first-order valence-electron chi connectivity index (χ1n) is 8.59. The van der Waals surface area contributed by atoms with Gasteiger partial charge in [0.2, 0.25) is 0 Å². The van der Waals surface area contributed by atoms with Crippen molar-refractivity contribution in [3.05, 3.63) is 0 Å². The van der Waals surface area contributed by atoms with E-state index in [0.717, 1.165) is 35.8 Å². The van der Waals surface area contributed by atoms with E-state index in [1.807, 2.05) is 0 Å². The fraction of sp³-hybridized carbons (Fsp3) is 1.00. The van der Waals surface area contributed by atoms with Crippen LogP contribution in [0.3, 0.4) is 0 Å². The van der Waals surface area contributed by atoms with E-state index in [9.17, 15) is 0 Å². The van der Waals surface area contributed by atoms with Crippen LogP contribution in [0.1, 0.15) is 52.9 Å². The number of nitrogens with one attached hydrogen (secondary N) is 1. The van der Waals surface area contributed by atoms with Crippen molar-refractivity contribution in [1.82, 2.24) is 10.2 Å². The molecule has 19 heavy (non-hydrogen) atoms. The van der Waals surface area contributed by atoms with E-state index in [2.05, 4.69) is 31.0 Å². The SMILES string of the molecule is CC(C)CC1CN(CC2CC3CCC2C3)C(C)CN1. The van der Waals surface area contributed by atoms with Gasteiger partial charge in [-0.05, 0) is 56.3 Å². The number of rotatable bonds is 4. The van der Waals surface area contributed by atoms with Gasteiger partial charge < -0.3 is 5.32 Å². The molecule has 0 aromatic heterocycles. The van der Waals surface area contributed by atoms with Crippen LogP contribution >= 0.6 is 0 Å². The molecule has 0 amide bonds. The number of piperazine rings is 1. The first kappa shape index (κ1) is 13.9. The van der Waals surface area contributed by atoms with E-state index in [1.54, 1.807) is 6.42 Å². The Kier molecular flexibility index (Phi) is 4.19. The Morgan fingerprint density at radius 1 is 1.21 bits per heavy atom. The Balaban J connectivity index is 1.53. The summed E-state index contributed by atoms with van der Waals surface area (Å²) in [6.07, 6.45) is 7.50. The summed E-state index contributed by atoms with van der Waals surface area (Å²) in [7, 11) is 0. The van der Waals surface area contributed by atoms with Crippen LogP contribution in [-0.4, -0.2) is 36.6 Å². The molecule has 0 radical (unpaired) electrons. The maximum atomic E-state index is 3.75. The highest BCUT2D eigenvalue weighted by Crippen LogP contribution is 2.48. The second kappa shape index (κ2) is 5.73. The van der Waals surface area contributed by atoms with E-state index in [4.69, 9.17) is 0 Å². The molecule has 2 aliphatic carbocycles. The van der Waals surface area contributed by atoms with Crippen LogP contribution in [0.4, 0.5) is 0 Å². The van der Waals surface area contributed by atoms with Crippen molar-refractivity contribution in [2.45, 2.75) is 65.0 Å². The number of hydrogen-bond acceptors (Lipinski definition) is 2. The van der Waals surface area contributed by atoms with Gasteiger partial charge in [-0.15, -0.1) is 0 Å². The zero-order valence-electron chi connectivity index (χ0n) is 13.1. The highest BCUT2D eigenvalue weighted by atomic mass is 15.2. The molecular weight excluding hydrogens is 232 g/mol. The van der Waals surface area contributed by atoms with Gasteiger partial charge in [0, 0.05) is 31.7 Å². The Hall–Kier alpha value is -0.0800. The predicted octanol–water partition coefficient (Wildman–Crippen LogP) is 3.13. The van der Waals surface area contributed by atoms with Crippen molar-refractivity contribution in [1.29, 1.82) is 0 Å². The van der Waals surface area contributed by atoms with Crippen molar-refractivity contribution in [2.24, 2.45) is 23.7 Å². The minimum absolute atomic E-state index is 0.731. The lowest BCUT2D eigenvalue weighted by Gasteiger charge is -2.41. The van der Waals surface area contributed by atoms with Crippen molar-refractivity contribution in [3.63, 3.8) is 0 Å². The molecule has 2 saturated carbocycles. The average molecular weight is 264 g/mol. The number of nitrogens with zero attached hydrogens (tertiary/aromatic N) is 1. The van der Waals surface area contributed by atoms with E-state index in [0.29, 0.717) is 0 Å². The van der Waals surface area contributed by atoms with Crippen molar-refractivity contribution >= 4 is 0 Å². The summed E-state index contributed by atoms with van der Waals surface area (Å²) in [5.41, 5.74) is 0. The summed E-state index contributed by atoms with van der Waals surface area (Å²) < 4.78 is 0. The summed E-state index contributed by atoms with van der Waals surface area (Å²) in [5.74, 6) is 4.02. The summed E-state index contributed by atoms with van der Waals surface area (Å²) in [6, 6.07) is 1.47. The van der Waals surface area contributed by atoms with Gasteiger partial charge in [-0.2, -0.15) is 0 Å². The highest BCUT2D eigenvalue weighted by molar-refractivity contribution is 4.93. The van der Waals surface area contributed by atoms with Gasteiger partial charge in [0.15, 0.2) is 0 Å². The number of fused-ring (bicyclic) bond motifs is 2. The van der Waals surface area contributed by atoms with E-state index < -0.39 is 0 Å². The third-order valence-corrected chi connectivity index (χ3v) is 5.89. The van der Waals surface area contributed by atoms with Gasteiger partial charge >= 0.3 is 0 Å². The standard InChI is InChI=1S/C17H32N2/c1-12(2)6-17-11-19(13(3)9-18-17)10-16-8-14-4-5-15(16)7-14/h12-18H,4-11H2,1-3H3. The largest absolute Gasteiger partial charge is 0.311 e. The quantitative estimate of drug-likeness (QED) is 0.839. The summed E-state index contributed by atoms with van der Waals surface area (Å²) >= 11 is 0. The van der Waals surface area contributed by atoms with Crippen LogP contribution in [0.5, 0.6) is 0 Å². The molecule has 5 unspecified atom stereocenters. The lowest BCUT2D eigenvalue weighted by atomic mass is 9.87. The minimum atomic E-state index is 0.731. The van der Waals surface area contributed by atoms with Gasteiger partial charge in [0.25, 0.3) is 0 Å². The average Bonchev–Trinajstić information content (AvgIpc) is 2.95. The van der Waals surface area contributed by atoms with Crippen LogP contribution in [0.15, 0.2) is 0 Å². The molecule has 0 aromatic carbocycles. The summed E-state index contributed by atoms with van der Waals surface area (Å²) in [5, 5.41) is 3.75. The maximum absolute atomic E-state index is 3.75. The minimum Gasteiger partial charge on any atom is -0.311 e. The normalized spacial score (nSPS) is 43.3. The Morgan fingerprint density at radius 3 is 2.68 bits per heavy atom. The number of hydrogen-bond donors (Lipinski definition) is 1. The zero-order valence-corrected chi connectivity index (χ0v) is 13.1. The molecule has 1 saturated heterocycles. The summed E-state index contributed by atoms with van der Waals surface area (Å²) in [6.45, 7) is 11.0. The highest BCUT2D eigenvalue weighted by Gasteiger charge is 2.41. The fourth-order valence-corrected chi connectivity index (χ4v) is 4.88. The Labute approximate surface area is 119 Å². The predicted molar refractivity (Wildman–Crippen MR) is 81.2 cm³/mol. The molecule has 2 bridgehead atoms. The van der Waals surface area contributed by atoms with Crippen molar-refractivity contribution in [2.75, 3.05) is 19.6 Å². The van der Waals surface area contributed by atoms with Gasteiger partial charge in [-0.3, -0.25) is 4.90 Å². The molecule has 1 heterocycles. The van der Waals surface area contributed by atoms with Crippen LogP contribution in [0.25, 0.3) is 0 Å². The van der Waals surface area contributed by atoms with Crippen molar-refractivity contribution in [3.8, 4) is 0 Å². The Morgan fingerprint density at radius 2 is 2.05 bits per heavy atom. The molecule has 0 spiro atoms. The monoisotopic (exact) mass is 264 g/mol. The van der Waals surface area contributed by atoms with Gasteiger partial charge in [0.05, 0.1) is 0 Å². The molecule has 0 aromatic rings. The first-order valence-corrected chi connectivity index (χ1v) is 8.59. The topological polar surface area (TPSA) is 15.3 Å². The van der Waals surface area contributed by atoms with E-state index in [-0.39, 0.29) is 0 Å². The van der Waals surface area contributed by atoms with E-state index >= 15 is 0 Å². The maximum Gasteiger partial charge on any atom is 0.0198 e. The molecule has 110 valence electrons. The van der Waals surface area contributed by atoms with Crippen LogP contribution in [0, 0.1) is 23.7 Å². The van der Waals surface area contributed by atoms with Gasteiger partial charge in [0.1, 0.15) is 0 Å². The lowest BCUT2D eigenvalue weighted by Crippen LogP contribution is -2.56. The fourth-order valence-electron chi connectivity index (χ4n) is 4.88. The van der Waals surface area contributed by atoms with Gasteiger partial charge in [-0.1, -0.05) is 20.3 Å². The van der Waals surface area contributed by atoms with E-state index in [1.165, 1.54) is 45.3 Å².